The van der Waals surface area contributed by atoms with Gasteiger partial charge in [0.05, 0.1) is 0 Å². The summed E-state index contributed by atoms with van der Waals surface area (Å²) in [6.07, 6.45) is 4.96. The van der Waals surface area contributed by atoms with E-state index in [1.54, 1.807) is 0 Å². The van der Waals surface area contributed by atoms with Gasteiger partial charge in [0.15, 0.2) is 0 Å². The van der Waals surface area contributed by atoms with Crippen LogP contribution in [0.15, 0.2) is 0 Å². The van der Waals surface area contributed by atoms with E-state index >= 15 is 0 Å². The lowest BCUT2D eigenvalue weighted by atomic mass is 10.5. The van der Waals surface area contributed by atoms with Crippen LogP contribution in [-0.4, -0.2) is 10.2 Å². The first-order valence-electron chi connectivity index (χ1n) is 1.73. The van der Waals surface area contributed by atoms with Crippen molar-refractivity contribution in [1.82, 2.24) is 0 Å². The zero-order valence-electron chi connectivity index (χ0n) is 3.65. The lowest BCUT2D eigenvalue weighted by molar-refractivity contribution is 1.26. The molecule has 0 spiro atoms. The van der Waals surface area contributed by atoms with Gasteiger partial charge in [-0.15, -0.1) is 12.3 Å². The first kappa shape index (κ1) is 4.78. The smallest absolute Gasteiger partial charge is 0.0214 e. The summed E-state index contributed by atoms with van der Waals surface area (Å²) in [5.74, 6) is 2.59. The van der Waals surface area contributed by atoms with Crippen LogP contribution in [0.4, 0.5) is 0 Å². The topological polar surface area (TPSA) is 0 Å². The van der Waals surface area contributed by atoms with Gasteiger partial charge in [0, 0.05) is 15.8 Å². The molecule has 0 aromatic rings. The predicted molar refractivity (Wildman–Crippen MR) is 28.2 cm³/mol. The van der Waals surface area contributed by atoms with Crippen molar-refractivity contribution in [1.29, 1.82) is 0 Å². The van der Waals surface area contributed by atoms with Crippen molar-refractivity contribution in [3.8, 4) is 12.3 Å². The van der Waals surface area contributed by atoms with Gasteiger partial charge in [-0.3, -0.25) is 0 Å². The molecule has 0 aromatic heterocycles. The molecule has 0 radical (unpaired) electrons. The Kier molecular flexibility index (Phi) is 1.95. The van der Waals surface area contributed by atoms with Crippen LogP contribution in [0.5, 0.6) is 0 Å². The van der Waals surface area contributed by atoms with Gasteiger partial charge in [-0.2, -0.15) is 0 Å². The van der Waals surface area contributed by atoms with E-state index in [1.807, 2.05) is 6.92 Å². The Morgan fingerprint density at radius 3 is 2.20 bits per heavy atom. The first-order chi connectivity index (χ1) is 2.27. The minimum absolute atomic E-state index is 0.551. The lowest BCUT2D eigenvalue weighted by Crippen LogP contribution is -1.72. The molecule has 5 heavy (non-hydrogen) atoms. The second-order valence-electron chi connectivity index (χ2n) is 1.32. The van der Waals surface area contributed by atoms with Gasteiger partial charge in [-0.25, -0.2) is 0 Å². The second kappa shape index (κ2) is 2.04. The molecule has 1 unspecified atom stereocenters. The maximum Gasteiger partial charge on any atom is 0.0214 e. The van der Waals surface area contributed by atoms with E-state index in [-0.39, 0.29) is 0 Å². The van der Waals surface area contributed by atoms with Gasteiger partial charge in [0.1, 0.15) is 0 Å². The fourth-order valence-electron chi connectivity index (χ4n) is 0. The zero-order chi connectivity index (χ0) is 4.28. The maximum absolute atomic E-state index is 4.96. The SMILES string of the molecule is C#CC(C)[SiH3]. The fraction of sp³-hybridized carbons (Fsp3) is 0.500. The van der Waals surface area contributed by atoms with Gasteiger partial charge >= 0.3 is 0 Å². The molecule has 0 nitrogen and oxygen atoms in total. The fourth-order valence-corrected chi connectivity index (χ4v) is 0. The molecule has 0 amide bonds. The molecular formula is C4H8Si. The van der Waals surface area contributed by atoms with E-state index in [0.29, 0.717) is 5.54 Å². The average Bonchev–Trinajstić information content (AvgIpc) is 1.38. The Balaban J connectivity index is 2.94. The normalized spacial score (nSPS) is 13.6. The number of rotatable bonds is 0. The molecular weight excluding hydrogens is 76.1 g/mol. The highest BCUT2D eigenvalue weighted by atomic mass is 28.1. The van der Waals surface area contributed by atoms with Crippen molar-refractivity contribution < 1.29 is 0 Å². The molecule has 28 valence electrons. The minimum atomic E-state index is 0.551. The molecule has 0 fully saturated rings. The van der Waals surface area contributed by atoms with Crippen LogP contribution in [0.25, 0.3) is 0 Å². The molecule has 1 heteroatoms. The predicted octanol–water partition coefficient (Wildman–Crippen LogP) is -0.207. The third kappa shape index (κ3) is 3.78. The summed E-state index contributed by atoms with van der Waals surface area (Å²) in [4.78, 5) is 0. The van der Waals surface area contributed by atoms with Gasteiger partial charge in [0.25, 0.3) is 0 Å². The summed E-state index contributed by atoms with van der Waals surface area (Å²) in [5, 5.41) is 0. The molecule has 0 rings (SSSR count). The Hall–Kier alpha value is -0.223. The van der Waals surface area contributed by atoms with E-state index in [1.165, 1.54) is 0 Å². The first-order valence-corrected chi connectivity index (χ1v) is 2.89. The van der Waals surface area contributed by atoms with Gasteiger partial charge in [-0.1, -0.05) is 6.92 Å². The quantitative estimate of drug-likeness (QED) is 0.281. The summed E-state index contributed by atoms with van der Waals surface area (Å²) in [7, 11) is 1.13. The van der Waals surface area contributed by atoms with E-state index in [4.69, 9.17) is 6.42 Å². The summed E-state index contributed by atoms with van der Waals surface area (Å²) < 4.78 is 0. The molecule has 0 saturated carbocycles. The van der Waals surface area contributed by atoms with E-state index in [9.17, 15) is 0 Å². The van der Waals surface area contributed by atoms with E-state index in [2.05, 4.69) is 5.92 Å². The Bertz CT molecular complexity index is 49.2. The van der Waals surface area contributed by atoms with Crippen molar-refractivity contribution >= 4 is 10.2 Å². The van der Waals surface area contributed by atoms with Crippen LogP contribution >= 0.6 is 0 Å². The molecule has 0 bridgehead atoms. The van der Waals surface area contributed by atoms with Gasteiger partial charge in [0.2, 0.25) is 0 Å². The molecule has 0 aromatic carbocycles. The molecule has 0 saturated heterocycles. The van der Waals surface area contributed by atoms with Crippen molar-refractivity contribution in [3.05, 3.63) is 0 Å². The van der Waals surface area contributed by atoms with Crippen LogP contribution in [-0.2, 0) is 0 Å². The summed E-state index contributed by atoms with van der Waals surface area (Å²) >= 11 is 0. The number of terminal acetylenes is 1. The zero-order valence-corrected chi connectivity index (χ0v) is 5.65. The number of hydrogen-bond donors (Lipinski definition) is 0. The Morgan fingerprint density at radius 1 is 2.00 bits per heavy atom. The van der Waals surface area contributed by atoms with Crippen molar-refractivity contribution in [2.24, 2.45) is 0 Å². The van der Waals surface area contributed by atoms with Crippen molar-refractivity contribution in [2.45, 2.75) is 12.5 Å². The molecule has 0 aliphatic carbocycles. The molecule has 0 N–H and O–H groups in total. The monoisotopic (exact) mass is 84.0 g/mol. The van der Waals surface area contributed by atoms with Crippen molar-refractivity contribution in [3.63, 3.8) is 0 Å². The summed E-state index contributed by atoms with van der Waals surface area (Å²) in [6, 6.07) is 0. The third-order valence-electron chi connectivity index (χ3n) is 0.333. The van der Waals surface area contributed by atoms with Crippen LogP contribution in [0.2, 0.25) is 5.54 Å². The summed E-state index contributed by atoms with van der Waals surface area (Å²) in [5.41, 5.74) is 0.551. The van der Waals surface area contributed by atoms with Gasteiger partial charge in [-0.05, 0) is 0 Å². The standard InChI is InChI=1S/C4H8Si/c1-3-4(2)5/h1,4H,2,5H3. The number of hydrogen-bond acceptors (Lipinski definition) is 0. The molecule has 0 heterocycles. The van der Waals surface area contributed by atoms with Crippen LogP contribution in [0.1, 0.15) is 6.92 Å². The van der Waals surface area contributed by atoms with Crippen LogP contribution in [0, 0.1) is 12.3 Å². The van der Waals surface area contributed by atoms with E-state index in [0.717, 1.165) is 10.2 Å². The second-order valence-corrected chi connectivity index (χ2v) is 3.05. The van der Waals surface area contributed by atoms with E-state index < -0.39 is 0 Å². The van der Waals surface area contributed by atoms with Crippen LogP contribution < -0.4 is 0 Å². The van der Waals surface area contributed by atoms with Crippen LogP contribution in [0.3, 0.4) is 0 Å². The summed E-state index contributed by atoms with van der Waals surface area (Å²) in [6.45, 7) is 2.05. The maximum atomic E-state index is 4.96. The highest BCUT2D eigenvalue weighted by molar-refractivity contribution is 6.13. The third-order valence-corrected chi connectivity index (χ3v) is 0.667. The molecule has 1 atom stereocenters. The largest absolute Gasteiger partial charge is 0.120 e. The minimum Gasteiger partial charge on any atom is -0.120 e. The van der Waals surface area contributed by atoms with Crippen molar-refractivity contribution in [2.75, 3.05) is 0 Å². The Labute approximate surface area is 36.0 Å². The molecule has 0 aliphatic rings. The molecule has 0 aliphatic heterocycles. The highest BCUT2D eigenvalue weighted by Crippen LogP contribution is 1.85. The Morgan fingerprint density at radius 2 is 2.20 bits per heavy atom. The average molecular weight is 84.2 g/mol. The van der Waals surface area contributed by atoms with Gasteiger partial charge < -0.3 is 0 Å². The lowest BCUT2D eigenvalue weighted by Gasteiger charge is -1.79. The highest BCUT2D eigenvalue weighted by Gasteiger charge is 1.74.